The van der Waals surface area contributed by atoms with E-state index in [4.69, 9.17) is 4.74 Å². The van der Waals surface area contributed by atoms with Crippen LogP contribution in [0.4, 0.5) is 0 Å². The highest BCUT2D eigenvalue weighted by atomic mass is 16.5. The second-order valence-corrected chi connectivity index (χ2v) is 19.4. The van der Waals surface area contributed by atoms with Crippen LogP contribution in [0.3, 0.4) is 0 Å². The van der Waals surface area contributed by atoms with Crippen molar-refractivity contribution < 1.29 is 24.5 Å². The minimum atomic E-state index is -0.779. The fourth-order valence-corrected chi connectivity index (χ4v) is 8.96. The molecule has 0 saturated heterocycles. The lowest BCUT2D eigenvalue weighted by Crippen LogP contribution is -2.46. The summed E-state index contributed by atoms with van der Waals surface area (Å²) in [6, 6.07) is -0.692. The fraction of sp³-hybridized carbons (Fsp3) is 0.964. The summed E-state index contributed by atoms with van der Waals surface area (Å²) in [7, 11) is 0. The molecule has 0 radical (unpaired) electrons. The van der Waals surface area contributed by atoms with Gasteiger partial charge in [0.2, 0.25) is 5.91 Å². The Hall–Kier alpha value is -1.14. The van der Waals surface area contributed by atoms with Gasteiger partial charge in [-0.15, -0.1) is 0 Å². The van der Waals surface area contributed by atoms with Crippen LogP contribution in [0, 0.1) is 0 Å². The van der Waals surface area contributed by atoms with E-state index in [9.17, 15) is 19.8 Å². The Morgan fingerprint density at radius 1 is 0.410 bits per heavy atom. The second-order valence-electron chi connectivity index (χ2n) is 19.4. The molecular weight excluding hydrogens is 755 g/mol. The van der Waals surface area contributed by atoms with Crippen molar-refractivity contribution in [2.45, 2.75) is 334 Å². The number of hydrogen-bond acceptors (Lipinski definition) is 5. The van der Waals surface area contributed by atoms with Crippen LogP contribution < -0.4 is 5.32 Å². The third-order valence-corrected chi connectivity index (χ3v) is 13.2. The number of ether oxygens (including phenoxy) is 1. The van der Waals surface area contributed by atoms with E-state index in [1.165, 1.54) is 231 Å². The van der Waals surface area contributed by atoms with Gasteiger partial charge in [-0.3, -0.25) is 9.59 Å². The summed E-state index contributed by atoms with van der Waals surface area (Å²) in [4.78, 5) is 26.2. The van der Waals surface area contributed by atoms with Gasteiger partial charge in [-0.05, 0) is 25.7 Å². The van der Waals surface area contributed by atoms with Crippen LogP contribution in [0.15, 0.2) is 0 Å². The van der Waals surface area contributed by atoms with E-state index in [0.29, 0.717) is 19.3 Å². The lowest BCUT2D eigenvalue weighted by atomic mass is 10.0. The molecule has 3 unspecified atom stereocenters. The number of aliphatic hydroxyl groups excluding tert-OH is 2. The average molecular weight is 864 g/mol. The lowest BCUT2D eigenvalue weighted by molar-refractivity contribution is -0.151. The zero-order valence-electron chi connectivity index (χ0n) is 41.6. The van der Waals surface area contributed by atoms with E-state index in [1.807, 2.05) is 0 Å². The Balaban J connectivity index is 4.50. The summed E-state index contributed by atoms with van der Waals surface area (Å²) in [5, 5.41) is 23.8. The quantitative estimate of drug-likeness (QED) is 0.0418. The number of carbonyl (C=O) groups excluding carboxylic acids is 2. The molecule has 364 valence electrons. The summed E-state index contributed by atoms with van der Waals surface area (Å²) < 4.78 is 5.96. The number of rotatable bonds is 51. The summed E-state index contributed by atoms with van der Waals surface area (Å²) in [6.45, 7) is 6.52. The van der Waals surface area contributed by atoms with Gasteiger partial charge in [0.1, 0.15) is 6.10 Å². The molecule has 6 heteroatoms. The van der Waals surface area contributed by atoms with Crippen molar-refractivity contribution in [2.24, 2.45) is 0 Å². The number of amides is 1. The Morgan fingerprint density at radius 2 is 0.689 bits per heavy atom. The molecule has 3 atom stereocenters. The maximum atomic E-state index is 13.2. The van der Waals surface area contributed by atoms with E-state index in [2.05, 4.69) is 26.1 Å². The van der Waals surface area contributed by atoms with E-state index >= 15 is 0 Å². The zero-order chi connectivity index (χ0) is 44.5. The monoisotopic (exact) mass is 864 g/mol. The lowest BCUT2D eigenvalue weighted by Gasteiger charge is -2.24. The topological polar surface area (TPSA) is 95.9 Å². The smallest absolute Gasteiger partial charge is 0.306 e. The van der Waals surface area contributed by atoms with Crippen molar-refractivity contribution in [1.29, 1.82) is 0 Å². The van der Waals surface area contributed by atoms with E-state index in [0.717, 1.165) is 38.5 Å². The average Bonchev–Trinajstić information content (AvgIpc) is 3.25. The second kappa shape index (κ2) is 49.9. The number of unbranched alkanes of at least 4 members (excludes halogenated alkanes) is 39. The third-order valence-electron chi connectivity index (χ3n) is 13.2. The predicted octanol–water partition coefficient (Wildman–Crippen LogP) is 16.7. The number of aliphatic hydroxyl groups is 2. The molecule has 0 aliphatic rings. The molecule has 0 fully saturated rings. The molecule has 3 N–H and O–H groups in total. The Labute approximate surface area is 381 Å². The number of carbonyl (C=O) groups is 2. The van der Waals surface area contributed by atoms with Crippen LogP contribution in [0.2, 0.25) is 0 Å². The van der Waals surface area contributed by atoms with Crippen molar-refractivity contribution in [3.63, 3.8) is 0 Å². The van der Waals surface area contributed by atoms with Gasteiger partial charge in [0, 0.05) is 6.42 Å². The molecule has 0 aliphatic carbocycles. The number of hydrogen-bond donors (Lipinski definition) is 3. The third kappa shape index (κ3) is 45.2. The first kappa shape index (κ1) is 59.9. The first-order valence-electron chi connectivity index (χ1n) is 27.8. The van der Waals surface area contributed by atoms with E-state index in [1.54, 1.807) is 0 Å². The summed E-state index contributed by atoms with van der Waals surface area (Å²) in [5.74, 6) is -0.447. The molecule has 6 nitrogen and oxygen atoms in total. The molecular formula is C55H109NO5. The van der Waals surface area contributed by atoms with Gasteiger partial charge >= 0.3 is 5.97 Å². The highest BCUT2D eigenvalue weighted by molar-refractivity contribution is 5.77. The van der Waals surface area contributed by atoms with Crippen molar-refractivity contribution in [3.8, 4) is 0 Å². The van der Waals surface area contributed by atoms with Crippen LogP contribution in [0.1, 0.15) is 316 Å². The SMILES string of the molecule is CCCCCCCCCCCCCCCCCC(=O)OC(CCCCCCCCCCCCCCCCC)CC(=O)NC(CO)C(O)CCCCCCCCCCCCCC. The highest BCUT2D eigenvalue weighted by Gasteiger charge is 2.24. The standard InChI is InChI=1S/C55H109NO5/c1-4-7-10-13-16-19-22-25-27-29-31-34-37-40-43-46-51(61-55(60)48-45-42-39-36-33-30-28-26-23-20-17-14-11-8-5-2)49-54(59)56-52(50-57)53(58)47-44-41-38-35-32-24-21-18-15-12-9-6-3/h51-53,57-58H,4-50H2,1-3H3,(H,56,59). The van der Waals surface area contributed by atoms with Crippen LogP contribution in [-0.2, 0) is 14.3 Å². The molecule has 0 bridgehead atoms. The van der Waals surface area contributed by atoms with Crippen molar-refractivity contribution in [3.05, 3.63) is 0 Å². The number of esters is 1. The normalized spacial score (nSPS) is 13.1. The molecule has 0 rings (SSSR count). The van der Waals surface area contributed by atoms with E-state index < -0.39 is 18.2 Å². The highest BCUT2D eigenvalue weighted by Crippen LogP contribution is 2.19. The maximum Gasteiger partial charge on any atom is 0.306 e. The Morgan fingerprint density at radius 3 is 1.00 bits per heavy atom. The van der Waals surface area contributed by atoms with Gasteiger partial charge in [0.25, 0.3) is 0 Å². The first-order chi connectivity index (χ1) is 30.0. The Kier molecular flexibility index (Phi) is 48.9. The van der Waals surface area contributed by atoms with Crippen LogP contribution >= 0.6 is 0 Å². The van der Waals surface area contributed by atoms with Gasteiger partial charge in [0.05, 0.1) is 25.2 Å². The van der Waals surface area contributed by atoms with Crippen LogP contribution in [0.5, 0.6) is 0 Å². The molecule has 0 saturated carbocycles. The van der Waals surface area contributed by atoms with Gasteiger partial charge < -0.3 is 20.3 Å². The largest absolute Gasteiger partial charge is 0.462 e. The summed E-state index contributed by atoms with van der Waals surface area (Å²) in [6.07, 6.45) is 54.5. The first-order valence-corrected chi connectivity index (χ1v) is 27.8. The minimum absolute atomic E-state index is 0.0883. The molecule has 1 amide bonds. The summed E-state index contributed by atoms with van der Waals surface area (Å²) >= 11 is 0. The Bertz CT molecular complexity index is 882. The van der Waals surface area contributed by atoms with Gasteiger partial charge in [-0.1, -0.05) is 278 Å². The molecule has 0 spiro atoms. The molecule has 0 aromatic carbocycles. The predicted molar refractivity (Wildman–Crippen MR) is 264 cm³/mol. The fourth-order valence-electron chi connectivity index (χ4n) is 8.96. The molecule has 0 heterocycles. The van der Waals surface area contributed by atoms with Crippen LogP contribution in [-0.4, -0.2) is 46.9 Å². The van der Waals surface area contributed by atoms with E-state index in [-0.39, 0.29) is 24.9 Å². The summed E-state index contributed by atoms with van der Waals surface area (Å²) in [5.41, 5.74) is 0. The van der Waals surface area contributed by atoms with Crippen molar-refractivity contribution in [2.75, 3.05) is 6.61 Å². The van der Waals surface area contributed by atoms with Gasteiger partial charge in [0.15, 0.2) is 0 Å². The minimum Gasteiger partial charge on any atom is -0.462 e. The maximum absolute atomic E-state index is 13.2. The molecule has 61 heavy (non-hydrogen) atoms. The zero-order valence-corrected chi connectivity index (χ0v) is 41.6. The molecule has 0 aromatic heterocycles. The molecule has 0 aliphatic heterocycles. The van der Waals surface area contributed by atoms with Crippen molar-refractivity contribution in [1.82, 2.24) is 5.32 Å². The number of nitrogens with one attached hydrogen (secondary N) is 1. The van der Waals surface area contributed by atoms with Crippen LogP contribution in [0.25, 0.3) is 0 Å². The molecule has 0 aromatic rings. The van der Waals surface area contributed by atoms with Gasteiger partial charge in [-0.2, -0.15) is 0 Å². The van der Waals surface area contributed by atoms with Gasteiger partial charge in [-0.25, -0.2) is 0 Å². The van der Waals surface area contributed by atoms with Crippen molar-refractivity contribution >= 4 is 11.9 Å².